The number of nitrogens with one attached hydrogen (secondary N) is 4. The Balaban J connectivity index is 1.05. The van der Waals surface area contributed by atoms with Gasteiger partial charge in [0.1, 0.15) is 17.4 Å². The fraction of sp³-hybridized carbons (Fsp3) is 0.490. The van der Waals surface area contributed by atoms with E-state index in [4.69, 9.17) is 24.2 Å². The topological polar surface area (TPSA) is 141 Å². The lowest BCUT2D eigenvalue weighted by Crippen LogP contribution is -2.49. The Hall–Kier alpha value is -4.86. The van der Waals surface area contributed by atoms with Crippen molar-refractivity contribution in [3.05, 3.63) is 102 Å². The van der Waals surface area contributed by atoms with Crippen molar-refractivity contribution in [1.82, 2.24) is 44.9 Å². The molecule has 5 heterocycles. The fourth-order valence-corrected chi connectivity index (χ4v) is 9.61. The molecule has 13 nitrogen and oxygen atoms in total. The van der Waals surface area contributed by atoms with Gasteiger partial charge in [0.2, 0.25) is 12.6 Å². The van der Waals surface area contributed by atoms with Crippen LogP contribution in [0.5, 0.6) is 5.75 Å². The molecule has 0 aliphatic carbocycles. The number of H-pyrrole nitrogens is 2. The molecule has 2 aliphatic rings. The molecular formula is C51H69N9O4. The summed E-state index contributed by atoms with van der Waals surface area (Å²) in [4.78, 5) is 22.2. The minimum Gasteiger partial charge on any atom is -0.465 e. The zero-order valence-corrected chi connectivity index (χ0v) is 38.8. The standard InChI is InChI=1S/C51H69N9O4/c1-8-22-58(29-42(33(4)9-2)54-32-62-6)31-48-52-27-40(55-48)36-19-21-44-38(24-36)25-46-39-20-18-37(26-47(39)64-50(60(44)46)35-15-12-11-13-16-35)41-28-53-49(56-41)45-17-14-23-59(45)30-43(34(5)10-3)57-51(61)63-7/h11-13,15-16,18-21,24-28,33-34,42-43,45,50-51,54,57,61H,8-10,14,17,22-23,29-32H2,1-7H3,(H,52,55)(H,53,56). The normalized spacial score (nSPS) is 18.8. The SMILES string of the molecule is CCCN(Cc1ncc(-c2ccc3c(c2)cc2n3C(c3ccccc3)Oc3cc(-c4cnc(C5CCCN5CC(NC(O)OC)C(C)CC)[nH]4)ccc3-2)[nH]1)CC(NCOC)C(C)CC. The Morgan fingerprint density at radius 3 is 2.42 bits per heavy atom. The van der Waals surface area contributed by atoms with Gasteiger partial charge in [-0.15, -0.1) is 0 Å². The van der Waals surface area contributed by atoms with Gasteiger partial charge in [-0.1, -0.05) is 89.9 Å². The molecule has 8 rings (SSSR count). The van der Waals surface area contributed by atoms with E-state index in [2.05, 4.69) is 136 Å². The Bertz CT molecular complexity index is 2410. The minimum absolute atomic E-state index is 0.0835. The minimum atomic E-state index is -0.993. The third kappa shape index (κ3) is 10.0. The summed E-state index contributed by atoms with van der Waals surface area (Å²) >= 11 is 0. The average molecular weight is 872 g/mol. The van der Waals surface area contributed by atoms with Crippen molar-refractivity contribution in [3.8, 4) is 39.5 Å². The zero-order chi connectivity index (χ0) is 44.7. The first-order chi connectivity index (χ1) is 31.2. The highest BCUT2D eigenvalue weighted by molar-refractivity contribution is 5.92. The van der Waals surface area contributed by atoms with Crippen LogP contribution in [-0.4, -0.2) is 105 Å². The van der Waals surface area contributed by atoms with Crippen LogP contribution in [0.1, 0.15) is 96.2 Å². The van der Waals surface area contributed by atoms with Crippen molar-refractivity contribution in [2.75, 3.05) is 47.1 Å². The van der Waals surface area contributed by atoms with Crippen molar-refractivity contribution in [3.63, 3.8) is 0 Å². The van der Waals surface area contributed by atoms with E-state index in [1.165, 1.54) is 7.11 Å². The Labute approximate surface area is 378 Å². The van der Waals surface area contributed by atoms with Crippen LogP contribution in [0.4, 0.5) is 0 Å². The fourth-order valence-electron chi connectivity index (χ4n) is 9.61. The number of hydrogen-bond donors (Lipinski definition) is 5. The second kappa shape index (κ2) is 21.0. The number of aliphatic hydroxyl groups excluding tert-OH is 1. The van der Waals surface area contributed by atoms with Crippen LogP contribution in [0.2, 0.25) is 0 Å². The van der Waals surface area contributed by atoms with Gasteiger partial charge in [0.15, 0.2) is 0 Å². The first-order valence-corrected chi connectivity index (χ1v) is 23.5. The Kier molecular flexibility index (Phi) is 15.0. The molecule has 3 aromatic carbocycles. The van der Waals surface area contributed by atoms with Crippen LogP contribution in [0.3, 0.4) is 0 Å². The molecule has 6 aromatic rings. The predicted molar refractivity (Wildman–Crippen MR) is 255 cm³/mol. The summed E-state index contributed by atoms with van der Waals surface area (Å²) in [5.41, 5.74) is 8.44. The van der Waals surface area contributed by atoms with Crippen molar-refractivity contribution >= 4 is 10.9 Å². The lowest BCUT2D eigenvalue weighted by molar-refractivity contribution is -0.108. The van der Waals surface area contributed by atoms with Crippen LogP contribution in [-0.2, 0) is 16.0 Å². The van der Waals surface area contributed by atoms with Crippen LogP contribution in [0.25, 0.3) is 44.7 Å². The maximum absolute atomic E-state index is 10.3. The van der Waals surface area contributed by atoms with Gasteiger partial charge in [-0.25, -0.2) is 9.97 Å². The second-order valence-corrected chi connectivity index (χ2v) is 18.0. The molecule has 2 aliphatic heterocycles. The summed E-state index contributed by atoms with van der Waals surface area (Å²) in [5.74, 6) is 3.66. The van der Waals surface area contributed by atoms with Gasteiger partial charge in [0.25, 0.3) is 0 Å². The van der Waals surface area contributed by atoms with E-state index in [1.807, 2.05) is 18.5 Å². The number of nitrogens with zero attached hydrogens (tertiary/aromatic N) is 5. The molecule has 5 N–H and O–H groups in total. The maximum atomic E-state index is 10.3. The molecule has 13 heteroatoms. The van der Waals surface area contributed by atoms with Gasteiger partial charge in [-0.2, -0.15) is 0 Å². The van der Waals surface area contributed by atoms with Gasteiger partial charge >= 0.3 is 0 Å². The van der Waals surface area contributed by atoms with E-state index in [9.17, 15) is 5.11 Å². The van der Waals surface area contributed by atoms with Gasteiger partial charge in [-0.05, 0) is 74.5 Å². The van der Waals surface area contributed by atoms with Gasteiger partial charge in [-0.3, -0.25) is 20.4 Å². The maximum Gasteiger partial charge on any atom is 0.213 e. The third-order valence-corrected chi connectivity index (χ3v) is 13.7. The Morgan fingerprint density at radius 1 is 0.906 bits per heavy atom. The first kappa shape index (κ1) is 45.7. The first-order valence-electron chi connectivity index (χ1n) is 23.5. The molecule has 7 unspecified atom stereocenters. The number of rotatable bonds is 22. The largest absolute Gasteiger partial charge is 0.465 e. The lowest BCUT2D eigenvalue weighted by Gasteiger charge is -2.32. The summed E-state index contributed by atoms with van der Waals surface area (Å²) < 4.78 is 19.9. The molecule has 1 saturated heterocycles. The summed E-state index contributed by atoms with van der Waals surface area (Å²) in [6.45, 7) is 16.2. The number of aliphatic hydroxyl groups is 1. The highest BCUT2D eigenvalue weighted by atomic mass is 16.6. The molecular weight excluding hydrogens is 803 g/mol. The second-order valence-electron chi connectivity index (χ2n) is 18.0. The molecule has 3 aromatic heterocycles. The van der Waals surface area contributed by atoms with Crippen LogP contribution < -0.4 is 15.4 Å². The molecule has 7 atom stereocenters. The van der Waals surface area contributed by atoms with Crippen LogP contribution in [0, 0.1) is 11.8 Å². The number of hydrogen-bond acceptors (Lipinski definition) is 10. The van der Waals surface area contributed by atoms with E-state index < -0.39 is 6.41 Å². The third-order valence-electron chi connectivity index (χ3n) is 13.7. The van der Waals surface area contributed by atoms with Gasteiger partial charge in [0, 0.05) is 67.0 Å². The number of aromatic nitrogens is 5. The predicted octanol–water partition coefficient (Wildman–Crippen LogP) is 8.91. The average Bonchev–Trinajstić information content (AvgIpc) is 4.16. The molecule has 0 radical (unpaired) electrons. The molecule has 342 valence electrons. The van der Waals surface area contributed by atoms with Gasteiger partial charge in [0.05, 0.1) is 54.3 Å². The van der Waals surface area contributed by atoms with Crippen molar-refractivity contribution in [1.29, 1.82) is 0 Å². The van der Waals surface area contributed by atoms with E-state index >= 15 is 0 Å². The summed E-state index contributed by atoms with van der Waals surface area (Å²) in [7, 11) is 3.26. The number of likely N-dealkylation sites (tertiary alicyclic amines) is 1. The number of benzene rings is 3. The molecule has 0 bridgehead atoms. The van der Waals surface area contributed by atoms with E-state index in [1.54, 1.807) is 7.11 Å². The highest BCUT2D eigenvalue weighted by Crippen LogP contribution is 2.46. The smallest absolute Gasteiger partial charge is 0.213 e. The molecule has 1 fully saturated rings. The summed E-state index contributed by atoms with van der Waals surface area (Å²) in [6.07, 6.45) is 7.89. The number of fused-ring (bicyclic) bond motifs is 5. The number of aromatic amines is 2. The monoisotopic (exact) mass is 872 g/mol. The van der Waals surface area contributed by atoms with Crippen molar-refractivity contribution < 1.29 is 19.3 Å². The van der Waals surface area contributed by atoms with E-state index in [-0.39, 0.29) is 18.3 Å². The van der Waals surface area contributed by atoms with Gasteiger partial charge < -0.3 is 33.9 Å². The van der Waals surface area contributed by atoms with Crippen molar-refractivity contribution in [2.45, 2.75) is 104 Å². The molecule has 0 spiro atoms. The van der Waals surface area contributed by atoms with Crippen LogP contribution >= 0.6 is 0 Å². The van der Waals surface area contributed by atoms with E-state index in [0.29, 0.717) is 24.6 Å². The molecule has 0 amide bonds. The Morgan fingerprint density at radius 2 is 1.66 bits per heavy atom. The lowest BCUT2D eigenvalue weighted by atomic mass is 9.98. The zero-order valence-electron chi connectivity index (χ0n) is 38.8. The molecule has 0 saturated carbocycles. The highest BCUT2D eigenvalue weighted by Gasteiger charge is 2.33. The summed E-state index contributed by atoms with van der Waals surface area (Å²) in [5, 5.41) is 18.3. The summed E-state index contributed by atoms with van der Waals surface area (Å²) in [6, 6.07) is 26.6. The molecule has 64 heavy (non-hydrogen) atoms. The number of ether oxygens (including phenoxy) is 3. The quantitative estimate of drug-likeness (QED) is 0.0420. The van der Waals surface area contributed by atoms with Crippen LogP contribution in [0.15, 0.2) is 85.2 Å². The number of methoxy groups -OCH3 is 2. The van der Waals surface area contributed by atoms with E-state index in [0.717, 1.165) is 132 Å². The number of imidazole rings is 2. The van der Waals surface area contributed by atoms with Crippen molar-refractivity contribution in [2.24, 2.45) is 11.8 Å².